The highest BCUT2D eigenvalue weighted by atomic mass is 15.1. The summed E-state index contributed by atoms with van der Waals surface area (Å²) >= 11 is 0. The zero-order chi connectivity index (χ0) is 21.4. The number of aromatic nitrogens is 1. The topological polar surface area (TPSA) is 52.2 Å². The van der Waals surface area contributed by atoms with Gasteiger partial charge in [0.15, 0.2) is 0 Å². The van der Waals surface area contributed by atoms with E-state index in [9.17, 15) is 0 Å². The molecule has 3 N–H and O–H groups in total. The van der Waals surface area contributed by atoms with Crippen molar-refractivity contribution in [1.82, 2.24) is 25.8 Å². The van der Waals surface area contributed by atoms with E-state index >= 15 is 0 Å². The van der Waals surface area contributed by atoms with E-state index in [-0.39, 0.29) is 0 Å². The van der Waals surface area contributed by atoms with Gasteiger partial charge in [-0.15, -0.1) is 0 Å². The molecule has 0 atom stereocenters. The van der Waals surface area contributed by atoms with E-state index in [0.29, 0.717) is 0 Å². The molecule has 1 fully saturated rings. The van der Waals surface area contributed by atoms with Gasteiger partial charge in [0, 0.05) is 44.6 Å². The number of hydrogen-bond donors (Lipinski definition) is 3. The molecule has 31 heavy (non-hydrogen) atoms. The van der Waals surface area contributed by atoms with Crippen molar-refractivity contribution in [2.45, 2.75) is 45.1 Å². The van der Waals surface area contributed by atoms with E-state index in [2.05, 4.69) is 62.2 Å². The molecule has 1 aliphatic rings. The molecule has 2 aromatic rings. The molecule has 1 saturated heterocycles. The molecule has 2 heterocycles. The van der Waals surface area contributed by atoms with Crippen LogP contribution >= 0.6 is 0 Å². The minimum Gasteiger partial charge on any atom is -0.315 e. The van der Waals surface area contributed by atoms with Crippen LogP contribution in [0.3, 0.4) is 0 Å². The summed E-state index contributed by atoms with van der Waals surface area (Å²) in [7, 11) is 0. The highest BCUT2D eigenvalue weighted by Crippen LogP contribution is 2.12. The van der Waals surface area contributed by atoms with Gasteiger partial charge in [-0.3, -0.25) is 9.88 Å². The van der Waals surface area contributed by atoms with Crippen LogP contribution in [0.15, 0.2) is 48.7 Å². The molecular weight excluding hydrogens is 382 g/mol. The van der Waals surface area contributed by atoms with Crippen LogP contribution in [-0.2, 0) is 19.4 Å². The van der Waals surface area contributed by atoms with Crippen molar-refractivity contribution in [3.8, 4) is 0 Å². The Morgan fingerprint density at radius 3 is 2.16 bits per heavy atom. The maximum atomic E-state index is 4.42. The first kappa shape index (κ1) is 23.9. The second-order valence-corrected chi connectivity index (χ2v) is 8.58. The molecular formula is C26H41N5. The van der Waals surface area contributed by atoms with Crippen LogP contribution in [0.1, 0.15) is 42.5 Å². The van der Waals surface area contributed by atoms with Crippen LogP contribution in [0.4, 0.5) is 0 Å². The molecule has 1 aromatic heterocycles. The van der Waals surface area contributed by atoms with Crippen LogP contribution in [0, 0.1) is 0 Å². The summed E-state index contributed by atoms with van der Waals surface area (Å²) in [6, 6.07) is 15.5. The molecule has 0 aliphatic carbocycles. The first-order chi connectivity index (χ1) is 15.4. The molecule has 0 unspecified atom stereocenters. The van der Waals surface area contributed by atoms with Gasteiger partial charge in [-0.25, -0.2) is 0 Å². The van der Waals surface area contributed by atoms with Crippen molar-refractivity contribution in [2.24, 2.45) is 0 Å². The van der Waals surface area contributed by atoms with Crippen LogP contribution in [0.5, 0.6) is 0 Å². The molecule has 5 heteroatoms. The van der Waals surface area contributed by atoms with Crippen molar-refractivity contribution in [3.63, 3.8) is 0 Å². The van der Waals surface area contributed by atoms with Gasteiger partial charge in [0.1, 0.15) is 0 Å². The van der Waals surface area contributed by atoms with Crippen molar-refractivity contribution >= 4 is 0 Å². The van der Waals surface area contributed by atoms with Crippen molar-refractivity contribution in [1.29, 1.82) is 0 Å². The molecule has 0 radical (unpaired) electrons. The van der Waals surface area contributed by atoms with E-state index in [1.54, 1.807) is 0 Å². The normalized spacial score (nSPS) is 17.8. The summed E-state index contributed by atoms with van der Waals surface area (Å²) in [6.45, 7) is 9.82. The third-order valence-electron chi connectivity index (χ3n) is 5.92. The number of rotatable bonds is 7. The monoisotopic (exact) mass is 423 g/mol. The van der Waals surface area contributed by atoms with Gasteiger partial charge in [0.2, 0.25) is 0 Å². The van der Waals surface area contributed by atoms with Crippen molar-refractivity contribution < 1.29 is 0 Å². The fourth-order valence-corrected chi connectivity index (χ4v) is 4.08. The average Bonchev–Trinajstić information content (AvgIpc) is 2.81. The maximum Gasteiger partial charge on any atom is 0.0403 e. The van der Waals surface area contributed by atoms with Crippen LogP contribution in [0.25, 0.3) is 0 Å². The molecule has 1 aromatic carbocycles. The lowest BCUT2D eigenvalue weighted by Gasteiger charge is -2.23. The van der Waals surface area contributed by atoms with Gasteiger partial charge in [-0.2, -0.15) is 0 Å². The number of pyridine rings is 1. The van der Waals surface area contributed by atoms with Crippen LogP contribution < -0.4 is 16.0 Å². The first-order valence-electron chi connectivity index (χ1n) is 12.2. The number of hydrogen-bond acceptors (Lipinski definition) is 5. The number of nitrogens with zero attached hydrogens (tertiary/aromatic N) is 2. The predicted molar refractivity (Wildman–Crippen MR) is 130 cm³/mol. The summed E-state index contributed by atoms with van der Waals surface area (Å²) in [4.78, 5) is 7.01. The Bertz CT molecular complexity index is 675. The maximum absolute atomic E-state index is 4.42. The van der Waals surface area contributed by atoms with Gasteiger partial charge in [0.25, 0.3) is 0 Å². The summed E-state index contributed by atoms with van der Waals surface area (Å²) in [5.41, 5.74) is 4.08. The van der Waals surface area contributed by atoms with Gasteiger partial charge < -0.3 is 16.0 Å². The smallest absolute Gasteiger partial charge is 0.0403 e. The Morgan fingerprint density at radius 2 is 1.39 bits per heavy atom. The van der Waals surface area contributed by atoms with Gasteiger partial charge in [0.05, 0.1) is 0 Å². The lowest BCUT2D eigenvalue weighted by atomic mass is 10.0. The minimum atomic E-state index is 1.04. The molecule has 0 bridgehead atoms. The highest BCUT2D eigenvalue weighted by molar-refractivity contribution is 5.22. The fraction of sp³-hybridized carbons (Fsp3) is 0.577. The molecule has 0 saturated carbocycles. The van der Waals surface area contributed by atoms with Crippen LogP contribution in [-0.4, -0.2) is 62.2 Å². The van der Waals surface area contributed by atoms with Crippen LogP contribution in [0.2, 0.25) is 0 Å². The number of unbranched alkanes of at least 4 members (excludes halogenated alkanes) is 1. The Kier molecular flexibility index (Phi) is 11.6. The Morgan fingerprint density at radius 1 is 0.677 bits per heavy atom. The van der Waals surface area contributed by atoms with Gasteiger partial charge in [-0.1, -0.05) is 30.3 Å². The van der Waals surface area contributed by atoms with Gasteiger partial charge in [-0.05, 0) is 88.0 Å². The fourth-order valence-electron chi connectivity index (χ4n) is 4.08. The minimum absolute atomic E-state index is 1.04. The highest BCUT2D eigenvalue weighted by Gasteiger charge is 2.07. The summed E-state index contributed by atoms with van der Waals surface area (Å²) in [5.74, 6) is 0. The first-order valence-corrected chi connectivity index (χ1v) is 12.2. The Balaban J connectivity index is 1.39. The summed E-state index contributed by atoms with van der Waals surface area (Å²) in [5, 5.41) is 10.7. The quantitative estimate of drug-likeness (QED) is 0.598. The van der Waals surface area contributed by atoms with E-state index < -0.39 is 0 Å². The number of benzene rings is 1. The number of aryl methyl sites for hydroxylation is 2. The van der Waals surface area contributed by atoms with Crippen molar-refractivity contribution in [2.75, 3.05) is 52.4 Å². The predicted octanol–water partition coefficient (Wildman–Crippen LogP) is 3.01. The molecule has 3 rings (SSSR count). The largest absolute Gasteiger partial charge is 0.315 e. The average molecular weight is 424 g/mol. The lowest BCUT2D eigenvalue weighted by molar-refractivity contribution is 0.260. The Hall–Kier alpha value is -1.79. The molecule has 170 valence electrons. The SMILES string of the molecule is c1ccc(CCCCc2ccc(CN3CCCNCCNCCCNCC3)cc2)nc1. The summed E-state index contributed by atoms with van der Waals surface area (Å²) in [6.07, 6.45) is 8.94. The van der Waals surface area contributed by atoms with E-state index in [0.717, 1.165) is 71.7 Å². The number of nitrogens with one attached hydrogen (secondary N) is 3. The van der Waals surface area contributed by atoms with Crippen molar-refractivity contribution in [3.05, 3.63) is 65.5 Å². The van der Waals surface area contributed by atoms with E-state index in [1.165, 1.54) is 42.5 Å². The third kappa shape index (κ3) is 10.4. The standard InChI is InChI=1S/C26H41N5/c1(2-8-26-9-3-4-17-30-26)7-24-10-12-25(13-11-24)23-31-21-6-16-28-19-18-27-14-5-15-29-20-22-31/h3-4,9-13,17,27-29H,1-2,5-8,14-16,18-23H2. The molecule has 1 aliphatic heterocycles. The molecule has 5 nitrogen and oxygen atoms in total. The van der Waals surface area contributed by atoms with Gasteiger partial charge >= 0.3 is 0 Å². The second-order valence-electron chi connectivity index (χ2n) is 8.58. The lowest BCUT2D eigenvalue weighted by Crippen LogP contribution is -2.36. The molecule has 0 spiro atoms. The van der Waals surface area contributed by atoms with E-state index in [1.807, 2.05) is 12.3 Å². The third-order valence-corrected chi connectivity index (χ3v) is 5.92. The Labute approximate surface area is 189 Å². The zero-order valence-corrected chi connectivity index (χ0v) is 19.1. The second kappa shape index (κ2) is 15.1. The van der Waals surface area contributed by atoms with E-state index in [4.69, 9.17) is 0 Å². The zero-order valence-electron chi connectivity index (χ0n) is 19.1. The molecule has 0 amide bonds. The summed E-state index contributed by atoms with van der Waals surface area (Å²) < 4.78 is 0.